The third-order valence-electron chi connectivity index (χ3n) is 9.44. The molecule has 0 bridgehead atoms. The SMILES string of the molecule is CCC1NC(C(=O)O)CC12CCN(c1cc(O[C@H](c3ccc(-c4cc(C)cc(Cl)c4)cc3-n3ccc(C)n3)C(F)(F)F)nc(N)n1)CC2. The zero-order chi connectivity index (χ0) is 34.4. The van der Waals surface area contributed by atoms with Crippen LogP contribution in [0.4, 0.5) is 24.9 Å². The van der Waals surface area contributed by atoms with Crippen LogP contribution in [0, 0.1) is 19.3 Å². The summed E-state index contributed by atoms with van der Waals surface area (Å²) in [5.41, 5.74) is 8.78. The van der Waals surface area contributed by atoms with Crippen molar-refractivity contribution < 1.29 is 27.8 Å². The van der Waals surface area contributed by atoms with Gasteiger partial charge in [0.25, 0.3) is 0 Å². The number of ether oxygens (including phenoxy) is 1. The standard InChI is InChI=1S/C34H37ClF3N7O3/c1-4-27-33(18-25(40-27)31(46)47)8-11-44(12-9-33)28-17-29(42-32(39)41-28)48-30(34(36,37)38)24-6-5-21(22-13-19(2)14-23(35)15-22)16-26(24)45-10-7-20(3)43-45/h5-7,10,13-17,25,27,30,40H,4,8-9,11-12,18H2,1-3H3,(H,46,47)(H2,39,41,42)/t25?,27?,30-/m1/s1. The highest BCUT2D eigenvalue weighted by Crippen LogP contribution is 2.46. The fraction of sp³-hybridized carbons (Fsp3) is 0.412. The first kappa shape index (κ1) is 33.5. The second-order valence-electron chi connectivity index (χ2n) is 12.7. The fourth-order valence-corrected chi connectivity index (χ4v) is 7.44. The van der Waals surface area contributed by atoms with Crippen LogP contribution in [0.25, 0.3) is 16.8 Å². The lowest BCUT2D eigenvalue weighted by molar-refractivity contribution is -0.198. The number of aryl methyl sites for hydroxylation is 2. The number of carboxylic acid groups (broad SMARTS) is 1. The second kappa shape index (κ2) is 12.9. The van der Waals surface area contributed by atoms with E-state index in [4.69, 9.17) is 22.1 Å². The van der Waals surface area contributed by atoms with E-state index >= 15 is 0 Å². The van der Waals surface area contributed by atoms with Crippen molar-refractivity contribution in [3.05, 3.63) is 76.6 Å². The van der Waals surface area contributed by atoms with E-state index in [0.717, 1.165) is 17.5 Å². The normalized spacial score (nSPS) is 19.9. The van der Waals surface area contributed by atoms with E-state index < -0.39 is 24.3 Å². The van der Waals surface area contributed by atoms with Crippen molar-refractivity contribution in [3.63, 3.8) is 0 Å². The topological polar surface area (TPSA) is 131 Å². The van der Waals surface area contributed by atoms with Crippen LogP contribution in [0.5, 0.6) is 5.88 Å². The van der Waals surface area contributed by atoms with Gasteiger partial charge in [0.1, 0.15) is 11.9 Å². The lowest BCUT2D eigenvalue weighted by Gasteiger charge is -2.43. The molecule has 2 aromatic carbocycles. The van der Waals surface area contributed by atoms with Gasteiger partial charge in [-0.3, -0.25) is 4.79 Å². The fourth-order valence-electron chi connectivity index (χ4n) is 7.15. The highest BCUT2D eigenvalue weighted by molar-refractivity contribution is 6.31. The summed E-state index contributed by atoms with van der Waals surface area (Å²) in [7, 11) is 0. The average molecular weight is 684 g/mol. The number of carbonyl (C=O) groups is 1. The second-order valence-corrected chi connectivity index (χ2v) is 13.2. The molecule has 2 aromatic heterocycles. The van der Waals surface area contributed by atoms with E-state index in [-0.39, 0.29) is 34.5 Å². The number of carboxylic acids is 1. The summed E-state index contributed by atoms with van der Waals surface area (Å²) in [5.74, 6) is -1.07. The minimum absolute atomic E-state index is 0.0599. The largest absolute Gasteiger partial charge is 0.480 e. The molecule has 4 heterocycles. The lowest BCUT2D eigenvalue weighted by atomic mass is 9.71. The van der Waals surface area contributed by atoms with E-state index in [1.165, 1.54) is 16.8 Å². The van der Waals surface area contributed by atoms with Crippen LogP contribution >= 0.6 is 11.6 Å². The maximum atomic E-state index is 14.9. The van der Waals surface area contributed by atoms with Crippen LogP contribution in [0.3, 0.4) is 0 Å². The minimum Gasteiger partial charge on any atom is -0.480 e. The van der Waals surface area contributed by atoms with E-state index in [9.17, 15) is 23.1 Å². The number of hydrogen-bond donors (Lipinski definition) is 3. The van der Waals surface area contributed by atoms with Crippen molar-refractivity contribution in [2.24, 2.45) is 5.41 Å². The Morgan fingerprint density at radius 3 is 2.50 bits per heavy atom. The van der Waals surface area contributed by atoms with Gasteiger partial charge in [-0.1, -0.05) is 36.7 Å². The molecule has 2 unspecified atom stereocenters. The van der Waals surface area contributed by atoms with Crippen LogP contribution in [0.15, 0.2) is 54.7 Å². The average Bonchev–Trinajstić information content (AvgIpc) is 3.62. The van der Waals surface area contributed by atoms with E-state index in [1.54, 1.807) is 43.5 Å². The molecule has 0 saturated carbocycles. The van der Waals surface area contributed by atoms with Gasteiger partial charge in [-0.15, -0.1) is 0 Å². The maximum absolute atomic E-state index is 14.9. The number of aliphatic carboxylic acids is 1. The molecular weight excluding hydrogens is 647 g/mol. The van der Waals surface area contributed by atoms with Gasteiger partial charge in [0.2, 0.25) is 17.9 Å². The number of benzene rings is 2. The number of nitrogens with one attached hydrogen (secondary N) is 1. The molecule has 6 rings (SSSR count). The highest BCUT2D eigenvalue weighted by atomic mass is 35.5. The summed E-state index contributed by atoms with van der Waals surface area (Å²) < 4.78 is 51.8. The quantitative estimate of drug-likeness (QED) is 0.186. The number of hydrogen-bond acceptors (Lipinski definition) is 8. The molecule has 1 spiro atoms. The lowest BCUT2D eigenvalue weighted by Crippen LogP contribution is -2.46. The Labute approximate surface area is 281 Å². The monoisotopic (exact) mass is 683 g/mol. The van der Waals surface area contributed by atoms with Gasteiger partial charge in [0, 0.05) is 42.0 Å². The molecule has 3 atom stereocenters. The third kappa shape index (κ3) is 6.79. The number of piperidine rings is 1. The third-order valence-corrected chi connectivity index (χ3v) is 9.66. The van der Waals surface area contributed by atoms with Gasteiger partial charge in [0.15, 0.2) is 0 Å². The number of nitrogens with two attached hydrogens (primary N) is 1. The first-order valence-electron chi connectivity index (χ1n) is 15.8. The Morgan fingerprint density at radius 1 is 1.12 bits per heavy atom. The van der Waals surface area contributed by atoms with Crippen molar-refractivity contribution in [3.8, 4) is 22.7 Å². The number of rotatable bonds is 8. The van der Waals surface area contributed by atoms with Crippen molar-refractivity contribution >= 4 is 29.3 Å². The predicted octanol–water partition coefficient (Wildman–Crippen LogP) is 6.68. The Kier molecular flexibility index (Phi) is 9.03. The summed E-state index contributed by atoms with van der Waals surface area (Å²) >= 11 is 6.30. The van der Waals surface area contributed by atoms with Crippen LogP contribution in [-0.4, -0.2) is 62.2 Å². The zero-order valence-electron chi connectivity index (χ0n) is 26.8. The Hall–Kier alpha value is -4.36. The van der Waals surface area contributed by atoms with Crippen molar-refractivity contribution in [1.29, 1.82) is 0 Å². The summed E-state index contributed by atoms with van der Waals surface area (Å²) in [6, 6.07) is 12.6. The number of anilines is 2. The Morgan fingerprint density at radius 2 is 1.88 bits per heavy atom. The molecule has 0 aliphatic carbocycles. The van der Waals surface area contributed by atoms with E-state index in [0.29, 0.717) is 54.4 Å². The summed E-state index contributed by atoms with van der Waals surface area (Å²) in [5, 5.41) is 17.8. The van der Waals surface area contributed by atoms with Gasteiger partial charge in [-0.05, 0) is 85.9 Å². The van der Waals surface area contributed by atoms with Gasteiger partial charge in [0.05, 0.1) is 11.4 Å². The smallest absolute Gasteiger partial charge is 0.429 e. The van der Waals surface area contributed by atoms with Gasteiger partial charge in [-0.2, -0.15) is 28.2 Å². The van der Waals surface area contributed by atoms with Crippen molar-refractivity contribution in [2.45, 2.75) is 70.8 Å². The minimum atomic E-state index is -4.84. The molecule has 2 aliphatic heterocycles. The number of nitrogen functional groups attached to an aromatic ring is 1. The zero-order valence-corrected chi connectivity index (χ0v) is 27.5. The van der Waals surface area contributed by atoms with Gasteiger partial charge >= 0.3 is 12.1 Å². The summed E-state index contributed by atoms with van der Waals surface area (Å²) in [6.45, 7) is 6.72. The van der Waals surface area contributed by atoms with Gasteiger partial charge in [-0.25, -0.2) is 4.68 Å². The molecule has 0 amide bonds. The van der Waals surface area contributed by atoms with Crippen LogP contribution < -0.4 is 20.7 Å². The molecule has 4 aromatic rings. The number of halogens is 4. The van der Waals surface area contributed by atoms with E-state index in [1.807, 2.05) is 24.8 Å². The molecular formula is C34H37ClF3N7O3. The van der Waals surface area contributed by atoms with Crippen molar-refractivity contribution in [1.82, 2.24) is 25.1 Å². The molecule has 2 aliphatic rings. The van der Waals surface area contributed by atoms with Crippen LogP contribution in [0.1, 0.15) is 55.5 Å². The molecule has 0 radical (unpaired) electrons. The highest BCUT2D eigenvalue weighted by Gasteiger charge is 2.50. The molecule has 2 saturated heterocycles. The number of alkyl halides is 3. The Balaban J connectivity index is 1.31. The summed E-state index contributed by atoms with van der Waals surface area (Å²) in [6.07, 6.45) is -2.95. The molecule has 2 fully saturated rings. The molecule has 10 nitrogen and oxygen atoms in total. The van der Waals surface area contributed by atoms with Crippen LogP contribution in [-0.2, 0) is 4.79 Å². The number of nitrogens with zero attached hydrogens (tertiary/aromatic N) is 5. The first-order chi connectivity index (χ1) is 22.7. The van der Waals surface area contributed by atoms with Crippen molar-refractivity contribution in [2.75, 3.05) is 23.7 Å². The first-order valence-corrected chi connectivity index (χ1v) is 16.2. The Bertz CT molecular complexity index is 1800. The molecule has 4 N–H and O–H groups in total. The molecule has 254 valence electrons. The van der Waals surface area contributed by atoms with E-state index in [2.05, 4.69) is 20.4 Å². The molecule has 14 heteroatoms. The number of aromatic nitrogens is 4. The summed E-state index contributed by atoms with van der Waals surface area (Å²) in [4.78, 5) is 22.0. The van der Waals surface area contributed by atoms with Crippen LogP contribution in [0.2, 0.25) is 5.02 Å². The maximum Gasteiger partial charge on any atom is 0.429 e. The van der Waals surface area contributed by atoms with Gasteiger partial charge < -0.3 is 25.8 Å². The predicted molar refractivity (Wildman–Crippen MR) is 176 cm³/mol. The molecule has 48 heavy (non-hydrogen) atoms.